The van der Waals surface area contributed by atoms with E-state index in [-0.39, 0.29) is 24.7 Å². The lowest BCUT2D eigenvalue weighted by atomic mass is 10.2. The molecule has 5 nitrogen and oxygen atoms in total. The van der Waals surface area contributed by atoms with Gasteiger partial charge in [0.15, 0.2) is 0 Å². The molecule has 6 heteroatoms. The fraction of sp³-hybridized carbons (Fsp3) is 0.294. The van der Waals surface area contributed by atoms with Crippen LogP contribution in [0.4, 0.5) is 0 Å². The van der Waals surface area contributed by atoms with Crippen molar-refractivity contribution in [1.82, 2.24) is 0 Å². The molecule has 1 N–H and O–H groups in total. The summed E-state index contributed by atoms with van der Waals surface area (Å²) in [4.78, 5) is 0.0860. The van der Waals surface area contributed by atoms with Crippen molar-refractivity contribution in [2.45, 2.75) is 24.5 Å². The molecule has 2 aromatic rings. The zero-order chi connectivity index (χ0) is 16.7. The first-order valence-corrected chi connectivity index (χ1v) is 8.64. The normalized spacial score (nSPS) is 13.0. The van der Waals surface area contributed by atoms with Crippen LogP contribution in [0.1, 0.15) is 11.1 Å². The summed E-state index contributed by atoms with van der Waals surface area (Å²) >= 11 is 0. The van der Waals surface area contributed by atoms with Crippen molar-refractivity contribution in [3.05, 3.63) is 65.7 Å². The number of aryl methyl sites for hydroxylation is 1. The molecule has 0 unspecified atom stereocenters. The smallest absolute Gasteiger partial charge is 0.297 e. The molecule has 0 radical (unpaired) electrons. The fourth-order valence-electron chi connectivity index (χ4n) is 1.88. The maximum atomic E-state index is 12.1. The van der Waals surface area contributed by atoms with Crippen LogP contribution in [0.5, 0.6) is 0 Å². The SMILES string of the molecule is Cc1ccc(S(=O)(=O)OC[C@@H](CO)OCc2ccccc2)cc1. The van der Waals surface area contributed by atoms with Gasteiger partial charge in [-0.1, -0.05) is 48.0 Å². The van der Waals surface area contributed by atoms with E-state index in [2.05, 4.69) is 0 Å². The van der Waals surface area contributed by atoms with E-state index in [1.807, 2.05) is 37.3 Å². The van der Waals surface area contributed by atoms with Gasteiger partial charge < -0.3 is 9.84 Å². The molecule has 124 valence electrons. The molecule has 1 atom stereocenters. The van der Waals surface area contributed by atoms with Crippen molar-refractivity contribution < 1.29 is 22.4 Å². The third kappa shape index (κ3) is 5.44. The minimum Gasteiger partial charge on any atom is -0.394 e. The summed E-state index contributed by atoms with van der Waals surface area (Å²) in [6.07, 6.45) is -0.713. The first kappa shape index (κ1) is 17.6. The maximum Gasteiger partial charge on any atom is 0.297 e. The quantitative estimate of drug-likeness (QED) is 0.749. The Kier molecular flexibility index (Phi) is 6.29. The van der Waals surface area contributed by atoms with Gasteiger partial charge in [0.2, 0.25) is 0 Å². The minimum absolute atomic E-state index is 0.0860. The van der Waals surface area contributed by atoms with Crippen molar-refractivity contribution in [2.24, 2.45) is 0 Å². The highest BCUT2D eigenvalue weighted by atomic mass is 32.2. The summed E-state index contributed by atoms with van der Waals surface area (Å²) in [7, 11) is -3.86. The number of rotatable bonds is 8. The lowest BCUT2D eigenvalue weighted by Gasteiger charge is -2.15. The van der Waals surface area contributed by atoms with E-state index in [0.717, 1.165) is 11.1 Å². The molecular weight excluding hydrogens is 316 g/mol. The average Bonchev–Trinajstić information content (AvgIpc) is 2.56. The predicted molar refractivity (Wildman–Crippen MR) is 86.4 cm³/mol. The van der Waals surface area contributed by atoms with E-state index < -0.39 is 16.2 Å². The van der Waals surface area contributed by atoms with Crippen LogP contribution in [0.25, 0.3) is 0 Å². The van der Waals surface area contributed by atoms with Gasteiger partial charge in [0.25, 0.3) is 10.1 Å². The van der Waals surface area contributed by atoms with Gasteiger partial charge in [0.1, 0.15) is 6.10 Å². The molecular formula is C17H20O5S. The van der Waals surface area contributed by atoms with Crippen molar-refractivity contribution in [2.75, 3.05) is 13.2 Å². The van der Waals surface area contributed by atoms with E-state index >= 15 is 0 Å². The Balaban J connectivity index is 1.90. The highest BCUT2D eigenvalue weighted by Gasteiger charge is 2.18. The zero-order valence-electron chi connectivity index (χ0n) is 12.9. The molecule has 0 bridgehead atoms. The lowest BCUT2D eigenvalue weighted by molar-refractivity contribution is -0.0214. The van der Waals surface area contributed by atoms with Gasteiger partial charge in [-0.05, 0) is 24.6 Å². The van der Waals surface area contributed by atoms with Gasteiger partial charge in [-0.25, -0.2) is 0 Å². The minimum atomic E-state index is -3.86. The van der Waals surface area contributed by atoms with E-state index in [0.29, 0.717) is 0 Å². The van der Waals surface area contributed by atoms with Crippen LogP contribution in [0, 0.1) is 6.92 Å². The Hall–Kier alpha value is -1.73. The lowest BCUT2D eigenvalue weighted by Crippen LogP contribution is -2.25. The molecule has 0 saturated carbocycles. The van der Waals surface area contributed by atoms with Crippen LogP contribution >= 0.6 is 0 Å². The highest BCUT2D eigenvalue weighted by molar-refractivity contribution is 7.86. The molecule has 0 spiro atoms. The summed E-state index contributed by atoms with van der Waals surface area (Å²) in [6, 6.07) is 15.8. The van der Waals surface area contributed by atoms with Gasteiger partial charge in [-0.3, -0.25) is 4.18 Å². The van der Waals surface area contributed by atoms with E-state index in [9.17, 15) is 13.5 Å². The monoisotopic (exact) mass is 336 g/mol. The third-order valence-corrected chi connectivity index (χ3v) is 4.55. The number of aliphatic hydroxyl groups is 1. The average molecular weight is 336 g/mol. The largest absolute Gasteiger partial charge is 0.394 e. The first-order chi connectivity index (χ1) is 11.0. The topological polar surface area (TPSA) is 72.8 Å². The molecule has 0 heterocycles. The summed E-state index contributed by atoms with van der Waals surface area (Å²) in [6.45, 7) is 1.59. The van der Waals surface area contributed by atoms with Gasteiger partial charge in [-0.2, -0.15) is 8.42 Å². The van der Waals surface area contributed by atoms with Gasteiger partial charge in [0, 0.05) is 0 Å². The Bertz CT molecular complexity index is 696. The molecule has 23 heavy (non-hydrogen) atoms. The van der Waals surface area contributed by atoms with E-state index in [4.69, 9.17) is 8.92 Å². The van der Waals surface area contributed by atoms with Gasteiger partial charge >= 0.3 is 0 Å². The van der Waals surface area contributed by atoms with Crippen molar-refractivity contribution in [1.29, 1.82) is 0 Å². The molecule has 0 saturated heterocycles. The number of hydrogen-bond acceptors (Lipinski definition) is 5. The van der Waals surface area contributed by atoms with Crippen LogP contribution in [0.15, 0.2) is 59.5 Å². The number of hydrogen-bond donors (Lipinski definition) is 1. The first-order valence-electron chi connectivity index (χ1n) is 7.24. The standard InChI is InChI=1S/C17H20O5S/c1-14-7-9-17(10-8-14)23(19,20)22-13-16(11-18)21-12-15-5-3-2-4-6-15/h2-10,16,18H,11-13H2,1H3/t16-/m1/s1. The fourth-order valence-corrected chi connectivity index (χ4v) is 2.82. The van der Waals surface area contributed by atoms with Crippen molar-refractivity contribution in [3.63, 3.8) is 0 Å². The van der Waals surface area contributed by atoms with Crippen LogP contribution in [-0.2, 0) is 25.6 Å². The van der Waals surface area contributed by atoms with Crippen LogP contribution in [0.2, 0.25) is 0 Å². The third-order valence-electron chi connectivity index (χ3n) is 3.25. The Morgan fingerprint density at radius 3 is 2.30 bits per heavy atom. The highest BCUT2D eigenvalue weighted by Crippen LogP contribution is 2.14. The van der Waals surface area contributed by atoms with Gasteiger partial charge in [-0.15, -0.1) is 0 Å². The van der Waals surface area contributed by atoms with Crippen LogP contribution < -0.4 is 0 Å². The second kappa shape index (κ2) is 8.21. The molecule has 2 aromatic carbocycles. The number of aliphatic hydroxyl groups excluding tert-OH is 1. The van der Waals surface area contributed by atoms with Gasteiger partial charge in [0.05, 0.1) is 24.7 Å². The molecule has 0 fully saturated rings. The van der Waals surface area contributed by atoms with E-state index in [1.54, 1.807) is 12.1 Å². The Morgan fingerprint density at radius 2 is 1.70 bits per heavy atom. The van der Waals surface area contributed by atoms with Crippen LogP contribution in [0.3, 0.4) is 0 Å². The Labute approximate surface area is 136 Å². The molecule has 0 aliphatic heterocycles. The summed E-state index contributed by atoms with van der Waals surface area (Å²) in [5.41, 5.74) is 1.90. The molecule has 0 aliphatic carbocycles. The number of benzene rings is 2. The zero-order valence-corrected chi connectivity index (χ0v) is 13.7. The second-order valence-electron chi connectivity index (χ2n) is 5.15. The summed E-state index contributed by atoms with van der Waals surface area (Å²) in [5, 5.41) is 9.31. The molecule has 0 aliphatic rings. The second-order valence-corrected chi connectivity index (χ2v) is 6.77. The Morgan fingerprint density at radius 1 is 1.04 bits per heavy atom. The number of ether oxygens (including phenoxy) is 1. The molecule has 0 aromatic heterocycles. The molecule has 2 rings (SSSR count). The van der Waals surface area contributed by atoms with E-state index in [1.165, 1.54) is 12.1 Å². The summed E-state index contributed by atoms with van der Waals surface area (Å²) in [5.74, 6) is 0. The van der Waals surface area contributed by atoms with Crippen molar-refractivity contribution >= 4 is 10.1 Å². The summed E-state index contributed by atoms with van der Waals surface area (Å²) < 4.78 is 34.6. The maximum absolute atomic E-state index is 12.1. The van der Waals surface area contributed by atoms with Crippen LogP contribution in [-0.4, -0.2) is 32.8 Å². The molecule has 0 amide bonds. The van der Waals surface area contributed by atoms with Crippen molar-refractivity contribution in [3.8, 4) is 0 Å². The predicted octanol–water partition coefficient (Wildman–Crippen LogP) is 2.28.